The largest absolute Gasteiger partial charge is 0.434 e. The number of alkyl halides is 2. The second-order valence-electron chi connectivity index (χ2n) is 6.77. The van der Waals surface area contributed by atoms with Gasteiger partial charge >= 0.3 is 6.61 Å². The number of para-hydroxylation sites is 1. The minimum Gasteiger partial charge on any atom is -0.434 e. The molecule has 1 unspecified atom stereocenters. The zero-order valence-corrected chi connectivity index (χ0v) is 18.0. The quantitative estimate of drug-likeness (QED) is 0.525. The lowest BCUT2D eigenvalue weighted by molar-refractivity contribution is -0.111. The van der Waals surface area contributed by atoms with Crippen LogP contribution in [0.25, 0.3) is 6.08 Å². The van der Waals surface area contributed by atoms with E-state index in [1.54, 1.807) is 36.4 Å². The lowest BCUT2D eigenvalue weighted by atomic mass is 10.1. The zero-order valence-electron chi connectivity index (χ0n) is 16.4. The maximum atomic E-state index is 12.6. The van der Waals surface area contributed by atoms with Crippen molar-refractivity contribution < 1.29 is 27.8 Å². The van der Waals surface area contributed by atoms with Gasteiger partial charge in [0.1, 0.15) is 5.75 Å². The number of carbonyl (C=O) groups excluding carboxylic acids is 2. The predicted molar refractivity (Wildman–Crippen MR) is 116 cm³/mol. The molecule has 2 amide bonds. The first kappa shape index (κ1) is 22.9. The molecule has 1 heterocycles. The van der Waals surface area contributed by atoms with E-state index in [1.165, 1.54) is 18.2 Å². The summed E-state index contributed by atoms with van der Waals surface area (Å²) >= 11 is 3.26. The number of halogens is 3. The Morgan fingerprint density at radius 1 is 1.26 bits per heavy atom. The fraction of sp³-hybridized carbons (Fsp3) is 0.273. The first-order valence-electron chi connectivity index (χ1n) is 9.64. The molecule has 0 spiro atoms. The molecule has 2 aromatic carbocycles. The molecule has 1 fully saturated rings. The second kappa shape index (κ2) is 11.0. The highest BCUT2D eigenvalue weighted by Crippen LogP contribution is 2.26. The lowest BCUT2D eigenvalue weighted by Crippen LogP contribution is -2.32. The van der Waals surface area contributed by atoms with Crippen LogP contribution < -0.4 is 15.4 Å². The monoisotopic (exact) mass is 494 g/mol. The van der Waals surface area contributed by atoms with Crippen molar-refractivity contribution in [3.05, 3.63) is 64.1 Å². The number of anilines is 1. The normalized spacial score (nSPS) is 15.9. The van der Waals surface area contributed by atoms with Crippen molar-refractivity contribution in [2.24, 2.45) is 0 Å². The van der Waals surface area contributed by atoms with E-state index in [-0.39, 0.29) is 17.8 Å². The van der Waals surface area contributed by atoms with Gasteiger partial charge in [0, 0.05) is 29.3 Å². The van der Waals surface area contributed by atoms with Gasteiger partial charge in [-0.15, -0.1) is 0 Å². The number of nitrogens with one attached hydrogen (secondary N) is 2. The van der Waals surface area contributed by atoms with Crippen molar-refractivity contribution in [2.75, 3.05) is 18.5 Å². The topological polar surface area (TPSA) is 76.7 Å². The second-order valence-corrected chi connectivity index (χ2v) is 7.69. The third-order valence-corrected chi connectivity index (χ3v) is 5.04. The van der Waals surface area contributed by atoms with Crippen molar-refractivity contribution in [3.63, 3.8) is 0 Å². The molecule has 164 valence electrons. The van der Waals surface area contributed by atoms with E-state index >= 15 is 0 Å². The fourth-order valence-electron chi connectivity index (χ4n) is 3.09. The Morgan fingerprint density at radius 3 is 2.81 bits per heavy atom. The van der Waals surface area contributed by atoms with E-state index < -0.39 is 12.5 Å². The summed E-state index contributed by atoms with van der Waals surface area (Å²) < 4.78 is 35.8. The molecule has 1 aliphatic heterocycles. The summed E-state index contributed by atoms with van der Waals surface area (Å²) in [5.74, 6) is -0.909. The van der Waals surface area contributed by atoms with Crippen molar-refractivity contribution in [1.82, 2.24) is 5.32 Å². The zero-order chi connectivity index (χ0) is 22.2. The summed E-state index contributed by atoms with van der Waals surface area (Å²) in [6, 6.07) is 11.1. The molecule has 0 radical (unpaired) electrons. The minimum atomic E-state index is -2.98. The number of rotatable bonds is 8. The van der Waals surface area contributed by atoms with Gasteiger partial charge in [-0.05, 0) is 49.2 Å². The van der Waals surface area contributed by atoms with Gasteiger partial charge in [-0.25, -0.2) is 0 Å². The molecule has 3 rings (SSSR count). The summed E-state index contributed by atoms with van der Waals surface area (Å²) in [5.41, 5.74) is 0.944. The number of amides is 2. The van der Waals surface area contributed by atoms with E-state index in [0.29, 0.717) is 34.4 Å². The average Bonchev–Trinajstić information content (AvgIpc) is 3.26. The van der Waals surface area contributed by atoms with Crippen molar-refractivity contribution >= 4 is 39.5 Å². The Balaban J connectivity index is 1.67. The Labute approximate surface area is 186 Å². The van der Waals surface area contributed by atoms with Crippen LogP contribution in [0.4, 0.5) is 14.5 Å². The number of carbonyl (C=O) groups is 2. The SMILES string of the molecule is O=C(/C=C/c1cc(Br)ccc1OC(F)F)Nc1ccccc1C(=O)NCC1CCCO1. The molecule has 0 bridgehead atoms. The Kier molecular flexibility index (Phi) is 8.13. The lowest BCUT2D eigenvalue weighted by Gasteiger charge is -2.13. The molecule has 2 N–H and O–H groups in total. The predicted octanol–water partition coefficient (Wildman–Crippen LogP) is 4.61. The van der Waals surface area contributed by atoms with E-state index in [4.69, 9.17) is 4.74 Å². The molecular formula is C22H21BrF2N2O4. The van der Waals surface area contributed by atoms with Crippen LogP contribution in [-0.2, 0) is 9.53 Å². The van der Waals surface area contributed by atoms with Gasteiger partial charge in [-0.3, -0.25) is 9.59 Å². The molecule has 2 aromatic rings. The average molecular weight is 495 g/mol. The highest BCUT2D eigenvalue weighted by atomic mass is 79.9. The van der Waals surface area contributed by atoms with Crippen molar-refractivity contribution in [1.29, 1.82) is 0 Å². The maximum Gasteiger partial charge on any atom is 0.387 e. The molecule has 31 heavy (non-hydrogen) atoms. The standard InChI is InChI=1S/C22H21BrF2N2O4/c23-15-8-9-19(31-22(24)25)14(12-15)7-10-20(28)27-18-6-2-1-5-17(18)21(29)26-13-16-4-3-11-30-16/h1-2,5-10,12,16,22H,3-4,11,13H2,(H,26,29)(H,27,28)/b10-7+. The molecule has 9 heteroatoms. The minimum absolute atomic E-state index is 0.00323. The van der Waals surface area contributed by atoms with Crippen LogP contribution >= 0.6 is 15.9 Å². The van der Waals surface area contributed by atoms with Gasteiger partial charge in [0.15, 0.2) is 0 Å². The molecule has 0 saturated carbocycles. The van der Waals surface area contributed by atoms with Gasteiger partial charge in [0.05, 0.1) is 17.4 Å². The van der Waals surface area contributed by atoms with Crippen LogP contribution in [0.2, 0.25) is 0 Å². The molecule has 1 aliphatic rings. The summed E-state index contributed by atoms with van der Waals surface area (Å²) in [7, 11) is 0. The number of hydrogen-bond acceptors (Lipinski definition) is 4. The van der Waals surface area contributed by atoms with E-state index in [2.05, 4.69) is 31.3 Å². The molecular weight excluding hydrogens is 474 g/mol. The van der Waals surface area contributed by atoms with Gasteiger partial charge in [-0.2, -0.15) is 8.78 Å². The van der Waals surface area contributed by atoms with Crippen LogP contribution in [-0.4, -0.2) is 37.7 Å². The Morgan fingerprint density at radius 2 is 2.06 bits per heavy atom. The van der Waals surface area contributed by atoms with Crippen LogP contribution in [0, 0.1) is 0 Å². The highest BCUT2D eigenvalue weighted by Gasteiger charge is 2.18. The summed E-state index contributed by atoms with van der Waals surface area (Å²) in [4.78, 5) is 24.9. The first-order valence-corrected chi connectivity index (χ1v) is 10.4. The molecule has 1 atom stereocenters. The van der Waals surface area contributed by atoms with Gasteiger partial charge in [-0.1, -0.05) is 28.1 Å². The number of hydrogen-bond donors (Lipinski definition) is 2. The van der Waals surface area contributed by atoms with Gasteiger partial charge < -0.3 is 20.1 Å². The molecule has 1 saturated heterocycles. The van der Waals surface area contributed by atoms with E-state index in [9.17, 15) is 18.4 Å². The maximum absolute atomic E-state index is 12.6. The van der Waals surface area contributed by atoms with Crippen molar-refractivity contribution in [3.8, 4) is 5.75 Å². The van der Waals surface area contributed by atoms with Crippen molar-refractivity contribution in [2.45, 2.75) is 25.6 Å². The number of benzene rings is 2. The highest BCUT2D eigenvalue weighted by molar-refractivity contribution is 9.10. The number of ether oxygens (including phenoxy) is 2. The fourth-order valence-corrected chi connectivity index (χ4v) is 3.47. The summed E-state index contributed by atoms with van der Waals surface area (Å²) in [6.45, 7) is -1.89. The van der Waals surface area contributed by atoms with Crippen LogP contribution in [0.15, 0.2) is 53.0 Å². The van der Waals surface area contributed by atoms with E-state index in [1.807, 2.05) is 0 Å². The van der Waals surface area contributed by atoms with Gasteiger partial charge in [0.25, 0.3) is 5.91 Å². The Bertz CT molecular complexity index is 962. The van der Waals surface area contributed by atoms with E-state index in [0.717, 1.165) is 12.8 Å². The Hall–Kier alpha value is -2.78. The van der Waals surface area contributed by atoms with Crippen LogP contribution in [0.1, 0.15) is 28.8 Å². The molecule has 0 aromatic heterocycles. The van der Waals surface area contributed by atoms with Crippen LogP contribution in [0.5, 0.6) is 5.75 Å². The third kappa shape index (κ3) is 6.86. The molecule has 6 nitrogen and oxygen atoms in total. The molecule has 0 aliphatic carbocycles. The van der Waals surface area contributed by atoms with Gasteiger partial charge in [0.2, 0.25) is 5.91 Å². The summed E-state index contributed by atoms with van der Waals surface area (Å²) in [5, 5.41) is 5.46. The third-order valence-electron chi connectivity index (χ3n) is 4.55. The smallest absolute Gasteiger partial charge is 0.387 e. The van der Waals surface area contributed by atoms with Crippen LogP contribution in [0.3, 0.4) is 0 Å². The summed E-state index contributed by atoms with van der Waals surface area (Å²) in [6.07, 6.45) is 4.42. The first-order chi connectivity index (χ1) is 14.9.